The first-order valence-corrected chi connectivity index (χ1v) is 8.83. The minimum Gasteiger partial charge on any atom is -0.368 e. The molecular formula is C17H33N3O. The zero-order valence-corrected chi connectivity index (χ0v) is 13.9. The van der Waals surface area contributed by atoms with Gasteiger partial charge in [-0.15, -0.1) is 0 Å². The number of nitrogens with zero attached hydrogens (tertiary/aromatic N) is 1. The first kappa shape index (κ1) is 16.8. The fourth-order valence-corrected chi connectivity index (χ4v) is 3.40. The van der Waals surface area contributed by atoms with Gasteiger partial charge in [-0.3, -0.25) is 4.79 Å². The molecule has 2 unspecified atom stereocenters. The molecule has 0 radical (unpaired) electrons. The molecule has 2 fully saturated rings. The van der Waals surface area contributed by atoms with Gasteiger partial charge in [-0.05, 0) is 71.9 Å². The quantitative estimate of drug-likeness (QED) is 0.676. The van der Waals surface area contributed by atoms with E-state index in [4.69, 9.17) is 5.73 Å². The van der Waals surface area contributed by atoms with Gasteiger partial charge in [0.25, 0.3) is 0 Å². The highest BCUT2D eigenvalue weighted by atomic mass is 16.1. The second kappa shape index (κ2) is 7.59. The molecule has 0 spiro atoms. The predicted molar refractivity (Wildman–Crippen MR) is 87.1 cm³/mol. The molecule has 122 valence electrons. The van der Waals surface area contributed by atoms with Gasteiger partial charge in [0.1, 0.15) is 0 Å². The SMILES string of the molecule is CC1CCCCCN1CCCCC(C)(NC1CC1)C(N)=O. The van der Waals surface area contributed by atoms with Crippen LogP contribution < -0.4 is 11.1 Å². The summed E-state index contributed by atoms with van der Waals surface area (Å²) in [5, 5.41) is 3.44. The topological polar surface area (TPSA) is 58.4 Å². The zero-order chi connectivity index (χ0) is 15.3. The normalized spacial score (nSPS) is 27.0. The van der Waals surface area contributed by atoms with Crippen LogP contribution in [0.1, 0.15) is 71.6 Å². The van der Waals surface area contributed by atoms with Crippen molar-refractivity contribution in [2.24, 2.45) is 5.73 Å². The molecule has 0 aromatic heterocycles. The molecule has 21 heavy (non-hydrogen) atoms. The molecule has 1 aliphatic carbocycles. The number of likely N-dealkylation sites (tertiary alicyclic amines) is 1. The Morgan fingerprint density at radius 3 is 2.67 bits per heavy atom. The van der Waals surface area contributed by atoms with E-state index >= 15 is 0 Å². The Morgan fingerprint density at radius 2 is 2.00 bits per heavy atom. The molecule has 2 aliphatic rings. The van der Waals surface area contributed by atoms with Crippen LogP contribution in [-0.2, 0) is 4.79 Å². The van der Waals surface area contributed by atoms with Gasteiger partial charge in [0.05, 0.1) is 5.54 Å². The Bertz CT molecular complexity index is 343. The van der Waals surface area contributed by atoms with Gasteiger partial charge in [-0.1, -0.05) is 12.8 Å². The number of rotatable bonds is 8. The van der Waals surface area contributed by atoms with Gasteiger partial charge in [0, 0.05) is 12.1 Å². The highest BCUT2D eigenvalue weighted by molar-refractivity contribution is 5.84. The number of carbonyl (C=O) groups is 1. The molecule has 0 bridgehead atoms. The number of nitrogens with one attached hydrogen (secondary N) is 1. The van der Waals surface area contributed by atoms with Gasteiger partial charge in [-0.2, -0.15) is 0 Å². The number of unbranched alkanes of at least 4 members (excludes halogenated alkanes) is 1. The average molecular weight is 295 g/mol. The number of carbonyl (C=O) groups excluding carboxylic acids is 1. The molecule has 2 atom stereocenters. The smallest absolute Gasteiger partial charge is 0.237 e. The van der Waals surface area contributed by atoms with Crippen LogP contribution in [0.5, 0.6) is 0 Å². The Morgan fingerprint density at radius 1 is 1.24 bits per heavy atom. The van der Waals surface area contributed by atoms with Crippen molar-refractivity contribution in [3.8, 4) is 0 Å². The van der Waals surface area contributed by atoms with Gasteiger partial charge in [0.15, 0.2) is 0 Å². The monoisotopic (exact) mass is 295 g/mol. The van der Waals surface area contributed by atoms with Crippen LogP contribution >= 0.6 is 0 Å². The van der Waals surface area contributed by atoms with E-state index in [1.165, 1.54) is 58.0 Å². The molecular weight excluding hydrogens is 262 g/mol. The average Bonchev–Trinajstić information content (AvgIpc) is 3.24. The van der Waals surface area contributed by atoms with E-state index < -0.39 is 5.54 Å². The largest absolute Gasteiger partial charge is 0.368 e. The summed E-state index contributed by atoms with van der Waals surface area (Å²) in [5.74, 6) is -0.197. The summed E-state index contributed by atoms with van der Waals surface area (Å²) in [6, 6.07) is 1.24. The Hall–Kier alpha value is -0.610. The van der Waals surface area contributed by atoms with E-state index in [-0.39, 0.29) is 5.91 Å². The molecule has 4 nitrogen and oxygen atoms in total. The second-order valence-corrected chi connectivity index (χ2v) is 7.31. The maximum atomic E-state index is 11.7. The van der Waals surface area contributed by atoms with Gasteiger partial charge >= 0.3 is 0 Å². The lowest BCUT2D eigenvalue weighted by molar-refractivity contribution is -0.124. The van der Waals surface area contributed by atoms with Crippen LogP contribution in [0.3, 0.4) is 0 Å². The third kappa shape index (κ3) is 5.26. The third-order valence-electron chi connectivity index (χ3n) is 5.21. The number of hydrogen-bond acceptors (Lipinski definition) is 3. The standard InChI is InChI=1S/C17H33N3O/c1-14-8-4-3-6-12-20(14)13-7-5-11-17(2,16(18)21)19-15-9-10-15/h14-15,19H,3-13H2,1-2H3,(H2,18,21). The summed E-state index contributed by atoms with van der Waals surface area (Å²) in [6.07, 6.45) is 10.9. The summed E-state index contributed by atoms with van der Waals surface area (Å²) < 4.78 is 0. The van der Waals surface area contributed by atoms with Crippen LogP contribution in [0.25, 0.3) is 0 Å². The van der Waals surface area contributed by atoms with Crippen LogP contribution in [0.2, 0.25) is 0 Å². The van der Waals surface area contributed by atoms with Crippen LogP contribution in [0, 0.1) is 0 Å². The summed E-state index contributed by atoms with van der Waals surface area (Å²) in [6.45, 7) is 6.74. The first-order chi connectivity index (χ1) is 10.0. The molecule has 1 amide bonds. The van der Waals surface area contributed by atoms with Gasteiger partial charge < -0.3 is 16.0 Å². The minimum atomic E-state index is -0.508. The highest BCUT2D eigenvalue weighted by Gasteiger charge is 2.36. The van der Waals surface area contributed by atoms with Crippen LogP contribution in [0.15, 0.2) is 0 Å². The number of nitrogens with two attached hydrogens (primary N) is 1. The summed E-state index contributed by atoms with van der Waals surface area (Å²) in [4.78, 5) is 14.4. The molecule has 2 rings (SSSR count). The number of hydrogen-bond donors (Lipinski definition) is 2. The van der Waals surface area contributed by atoms with Crippen molar-refractivity contribution in [1.29, 1.82) is 0 Å². The maximum absolute atomic E-state index is 11.7. The Kier molecular flexibility index (Phi) is 6.06. The third-order valence-corrected chi connectivity index (χ3v) is 5.21. The zero-order valence-electron chi connectivity index (χ0n) is 13.9. The maximum Gasteiger partial charge on any atom is 0.237 e. The molecule has 1 aliphatic heterocycles. The lowest BCUT2D eigenvalue weighted by atomic mass is 9.93. The van der Waals surface area contributed by atoms with E-state index in [1.807, 2.05) is 6.92 Å². The molecule has 1 saturated heterocycles. The fraction of sp³-hybridized carbons (Fsp3) is 0.941. The highest BCUT2D eigenvalue weighted by Crippen LogP contribution is 2.25. The van der Waals surface area contributed by atoms with Crippen molar-refractivity contribution >= 4 is 5.91 Å². The van der Waals surface area contributed by atoms with Crippen molar-refractivity contribution < 1.29 is 4.79 Å². The molecule has 1 heterocycles. The lowest BCUT2D eigenvalue weighted by Gasteiger charge is -2.29. The summed E-state index contributed by atoms with van der Waals surface area (Å²) in [5.41, 5.74) is 5.09. The van der Waals surface area contributed by atoms with Crippen molar-refractivity contribution in [2.45, 2.75) is 89.3 Å². The Balaban J connectivity index is 1.70. The van der Waals surface area contributed by atoms with Gasteiger partial charge in [0.2, 0.25) is 5.91 Å². The lowest BCUT2D eigenvalue weighted by Crippen LogP contribution is -2.54. The van der Waals surface area contributed by atoms with Crippen molar-refractivity contribution in [3.05, 3.63) is 0 Å². The van der Waals surface area contributed by atoms with E-state index in [9.17, 15) is 4.79 Å². The number of primary amides is 1. The van der Waals surface area contributed by atoms with Gasteiger partial charge in [-0.25, -0.2) is 0 Å². The number of amides is 1. The van der Waals surface area contributed by atoms with Crippen LogP contribution in [-0.4, -0.2) is 41.5 Å². The van der Waals surface area contributed by atoms with Crippen molar-refractivity contribution in [3.63, 3.8) is 0 Å². The summed E-state index contributed by atoms with van der Waals surface area (Å²) >= 11 is 0. The first-order valence-electron chi connectivity index (χ1n) is 8.83. The van der Waals surface area contributed by atoms with E-state index in [2.05, 4.69) is 17.1 Å². The van der Waals surface area contributed by atoms with Crippen LogP contribution in [0.4, 0.5) is 0 Å². The predicted octanol–water partition coefficient (Wildman–Crippen LogP) is 2.42. The Labute approximate surface area is 129 Å². The van der Waals surface area contributed by atoms with E-state index in [1.54, 1.807) is 0 Å². The second-order valence-electron chi connectivity index (χ2n) is 7.31. The molecule has 0 aromatic carbocycles. The molecule has 4 heteroatoms. The van der Waals surface area contributed by atoms with Crippen molar-refractivity contribution in [1.82, 2.24) is 10.2 Å². The fourth-order valence-electron chi connectivity index (χ4n) is 3.40. The molecule has 3 N–H and O–H groups in total. The van der Waals surface area contributed by atoms with E-state index in [0.717, 1.165) is 18.9 Å². The minimum absolute atomic E-state index is 0.197. The molecule has 1 saturated carbocycles. The summed E-state index contributed by atoms with van der Waals surface area (Å²) in [7, 11) is 0. The van der Waals surface area contributed by atoms with E-state index in [0.29, 0.717) is 6.04 Å². The molecule has 0 aromatic rings. The van der Waals surface area contributed by atoms with Crippen molar-refractivity contribution in [2.75, 3.05) is 13.1 Å².